The molecule has 0 unspecified atom stereocenters. The molecule has 5 nitrogen and oxygen atoms in total. The number of carbonyl (C=O) groups is 1. The smallest absolute Gasteiger partial charge is 0.365 e. The minimum Gasteiger partial charge on any atom is -0.365 e. The van der Waals surface area contributed by atoms with Gasteiger partial charge in [0.25, 0.3) is 5.91 Å². The standard InChI is InChI=1S/C19H13F3N4OS/c1-10-14(13-8-4-5-9-26(13)25-10)18-24-15(16(28-18)17(23)27)11-6-2-3-7-12(11)19(20,21)22/h2-9H,1H3,(H2,23,27). The number of halogens is 3. The van der Waals surface area contributed by atoms with Crippen LogP contribution in [-0.4, -0.2) is 20.5 Å². The van der Waals surface area contributed by atoms with E-state index in [1.807, 2.05) is 18.2 Å². The molecule has 28 heavy (non-hydrogen) atoms. The molecule has 0 aliphatic carbocycles. The van der Waals surface area contributed by atoms with Crippen LogP contribution >= 0.6 is 11.3 Å². The summed E-state index contributed by atoms with van der Waals surface area (Å²) in [5, 5.41) is 4.78. The lowest BCUT2D eigenvalue weighted by Gasteiger charge is -2.11. The van der Waals surface area contributed by atoms with Crippen molar-refractivity contribution < 1.29 is 18.0 Å². The van der Waals surface area contributed by atoms with E-state index >= 15 is 0 Å². The van der Waals surface area contributed by atoms with Crippen molar-refractivity contribution in [3.8, 4) is 21.8 Å². The fourth-order valence-electron chi connectivity index (χ4n) is 3.09. The lowest BCUT2D eigenvalue weighted by atomic mass is 10.0. The normalized spacial score (nSPS) is 11.9. The van der Waals surface area contributed by atoms with E-state index in [0.717, 1.165) is 22.9 Å². The maximum absolute atomic E-state index is 13.5. The van der Waals surface area contributed by atoms with Crippen molar-refractivity contribution >= 4 is 22.8 Å². The topological polar surface area (TPSA) is 73.3 Å². The van der Waals surface area contributed by atoms with E-state index < -0.39 is 17.6 Å². The Morgan fingerprint density at radius 1 is 1.14 bits per heavy atom. The SMILES string of the molecule is Cc1nn2ccccc2c1-c1nc(-c2ccccc2C(F)(F)F)c(C(N)=O)s1. The van der Waals surface area contributed by atoms with Crippen molar-refractivity contribution in [3.63, 3.8) is 0 Å². The van der Waals surface area contributed by atoms with Crippen LogP contribution in [0.5, 0.6) is 0 Å². The Morgan fingerprint density at radius 3 is 2.57 bits per heavy atom. The molecule has 0 aliphatic rings. The Morgan fingerprint density at radius 2 is 1.86 bits per heavy atom. The van der Waals surface area contributed by atoms with Crippen LogP contribution < -0.4 is 5.73 Å². The van der Waals surface area contributed by atoms with E-state index in [1.54, 1.807) is 17.6 Å². The largest absolute Gasteiger partial charge is 0.417 e. The van der Waals surface area contributed by atoms with E-state index in [1.165, 1.54) is 18.2 Å². The summed E-state index contributed by atoms with van der Waals surface area (Å²) >= 11 is 0.962. The molecule has 2 N–H and O–H groups in total. The molecular weight excluding hydrogens is 389 g/mol. The van der Waals surface area contributed by atoms with E-state index in [2.05, 4.69) is 10.1 Å². The number of nitrogens with zero attached hydrogens (tertiary/aromatic N) is 3. The summed E-state index contributed by atoms with van der Waals surface area (Å²) in [4.78, 5) is 16.3. The number of aromatic nitrogens is 3. The third kappa shape index (κ3) is 2.93. The number of primary amides is 1. The van der Waals surface area contributed by atoms with Gasteiger partial charge in [0, 0.05) is 11.8 Å². The highest BCUT2D eigenvalue weighted by Gasteiger charge is 2.35. The van der Waals surface area contributed by atoms with Crippen LogP contribution in [-0.2, 0) is 6.18 Å². The van der Waals surface area contributed by atoms with Crippen LogP contribution in [0.1, 0.15) is 20.9 Å². The molecule has 142 valence electrons. The Hall–Kier alpha value is -3.20. The fourth-order valence-corrected chi connectivity index (χ4v) is 4.13. The minimum absolute atomic E-state index is 0.0265. The second-order valence-electron chi connectivity index (χ2n) is 6.10. The van der Waals surface area contributed by atoms with Crippen molar-refractivity contribution in [2.24, 2.45) is 5.73 Å². The van der Waals surface area contributed by atoms with Crippen LogP contribution in [0.3, 0.4) is 0 Å². The second-order valence-corrected chi connectivity index (χ2v) is 7.09. The van der Waals surface area contributed by atoms with Gasteiger partial charge in [-0.25, -0.2) is 9.50 Å². The summed E-state index contributed by atoms with van der Waals surface area (Å²) in [5.41, 5.74) is 6.37. The maximum atomic E-state index is 13.5. The predicted octanol–water partition coefficient (Wildman–Crippen LogP) is 4.55. The van der Waals surface area contributed by atoms with E-state index in [9.17, 15) is 18.0 Å². The zero-order valence-corrected chi connectivity index (χ0v) is 15.3. The molecule has 4 aromatic rings. The molecule has 0 spiro atoms. The minimum atomic E-state index is -4.59. The Labute approximate surface area is 161 Å². The summed E-state index contributed by atoms with van der Waals surface area (Å²) in [6, 6.07) is 10.5. The number of carbonyl (C=O) groups excluding carboxylic acids is 1. The predicted molar refractivity (Wildman–Crippen MR) is 100.0 cm³/mol. The average Bonchev–Trinajstić information content (AvgIpc) is 3.21. The van der Waals surface area contributed by atoms with Gasteiger partial charge in [-0.3, -0.25) is 4.79 Å². The summed E-state index contributed by atoms with van der Waals surface area (Å²) in [5.74, 6) is -0.829. The van der Waals surface area contributed by atoms with Crippen LogP contribution in [0.15, 0.2) is 48.7 Å². The number of benzene rings is 1. The Kier molecular flexibility index (Phi) is 4.19. The van der Waals surface area contributed by atoms with Crippen molar-refractivity contribution in [2.45, 2.75) is 13.1 Å². The quantitative estimate of drug-likeness (QED) is 0.546. The summed E-state index contributed by atoms with van der Waals surface area (Å²) in [7, 11) is 0. The van der Waals surface area contributed by atoms with Gasteiger partial charge in [-0.1, -0.05) is 24.3 Å². The van der Waals surface area contributed by atoms with Crippen LogP contribution in [0, 0.1) is 6.92 Å². The first kappa shape index (κ1) is 18.2. The Balaban J connectivity index is 1.99. The molecule has 0 radical (unpaired) electrons. The van der Waals surface area contributed by atoms with E-state index in [4.69, 9.17) is 5.73 Å². The van der Waals surface area contributed by atoms with Crippen molar-refractivity contribution in [1.82, 2.24) is 14.6 Å². The zero-order chi connectivity index (χ0) is 20.1. The number of hydrogen-bond donors (Lipinski definition) is 1. The van der Waals surface area contributed by atoms with Gasteiger partial charge >= 0.3 is 6.18 Å². The van der Waals surface area contributed by atoms with Crippen LogP contribution in [0.2, 0.25) is 0 Å². The lowest BCUT2D eigenvalue weighted by Crippen LogP contribution is -2.12. The van der Waals surface area contributed by atoms with Crippen molar-refractivity contribution in [1.29, 1.82) is 0 Å². The van der Waals surface area contributed by atoms with E-state index in [-0.39, 0.29) is 16.1 Å². The first-order valence-corrected chi connectivity index (χ1v) is 9.00. The summed E-state index contributed by atoms with van der Waals surface area (Å²) in [6.45, 7) is 1.77. The molecule has 0 aliphatic heterocycles. The highest BCUT2D eigenvalue weighted by Crippen LogP contribution is 2.41. The molecule has 4 rings (SSSR count). The molecule has 9 heteroatoms. The van der Waals surface area contributed by atoms with Gasteiger partial charge < -0.3 is 5.73 Å². The van der Waals surface area contributed by atoms with Gasteiger partial charge in [0.15, 0.2) is 0 Å². The number of rotatable bonds is 3. The molecule has 1 aromatic carbocycles. The van der Waals surface area contributed by atoms with Gasteiger partial charge in [-0.15, -0.1) is 11.3 Å². The van der Waals surface area contributed by atoms with Gasteiger partial charge in [0.1, 0.15) is 9.88 Å². The van der Waals surface area contributed by atoms with Gasteiger partial charge in [0.05, 0.1) is 28.0 Å². The molecule has 0 fully saturated rings. The molecule has 3 aromatic heterocycles. The summed E-state index contributed by atoms with van der Waals surface area (Å²) < 4.78 is 42.0. The number of thiazole rings is 1. The number of aryl methyl sites for hydroxylation is 1. The second kappa shape index (κ2) is 6.45. The molecule has 1 amide bonds. The van der Waals surface area contributed by atoms with Crippen LogP contribution in [0.25, 0.3) is 27.3 Å². The van der Waals surface area contributed by atoms with Gasteiger partial charge in [0.2, 0.25) is 0 Å². The number of alkyl halides is 3. The first-order chi connectivity index (χ1) is 13.3. The number of pyridine rings is 1. The highest BCUT2D eigenvalue weighted by atomic mass is 32.1. The maximum Gasteiger partial charge on any atom is 0.417 e. The van der Waals surface area contributed by atoms with E-state index in [0.29, 0.717) is 16.3 Å². The molecule has 0 saturated heterocycles. The zero-order valence-electron chi connectivity index (χ0n) is 14.5. The summed E-state index contributed by atoms with van der Waals surface area (Å²) in [6.07, 6.45) is -2.83. The third-order valence-electron chi connectivity index (χ3n) is 4.27. The monoisotopic (exact) mass is 402 g/mol. The van der Waals surface area contributed by atoms with Gasteiger partial charge in [-0.05, 0) is 25.1 Å². The molecule has 0 bridgehead atoms. The molecule has 0 saturated carbocycles. The number of fused-ring (bicyclic) bond motifs is 1. The van der Waals surface area contributed by atoms with Gasteiger partial charge in [-0.2, -0.15) is 18.3 Å². The molecule has 3 heterocycles. The van der Waals surface area contributed by atoms with Crippen molar-refractivity contribution in [2.75, 3.05) is 0 Å². The molecule has 0 atom stereocenters. The number of nitrogens with two attached hydrogens (primary N) is 1. The number of hydrogen-bond acceptors (Lipinski definition) is 4. The van der Waals surface area contributed by atoms with Crippen molar-refractivity contribution in [3.05, 3.63) is 64.8 Å². The first-order valence-electron chi connectivity index (χ1n) is 8.19. The Bertz CT molecular complexity index is 1210. The lowest BCUT2D eigenvalue weighted by molar-refractivity contribution is -0.137. The molecular formula is C19H13F3N4OS. The third-order valence-corrected chi connectivity index (χ3v) is 5.35. The average molecular weight is 402 g/mol. The van der Waals surface area contributed by atoms with Crippen LogP contribution in [0.4, 0.5) is 13.2 Å². The highest BCUT2D eigenvalue weighted by molar-refractivity contribution is 7.17. The number of amides is 1. The fraction of sp³-hybridized carbons (Fsp3) is 0.105.